The molecule has 28 heavy (non-hydrogen) atoms. The first kappa shape index (κ1) is 19.0. The molecule has 2 unspecified atom stereocenters. The highest BCUT2D eigenvalue weighted by Gasteiger charge is 2.43. The highest BCUT2D eigenvalue weighted by atomic mass is 35.5. The summed E-state index contributed by atoms with van der Waals surface area (Å²) in [5, 5.41) is 22.2. The fourth-order valence-corrected chi connectivity index (χ4v) is 5.20. The quantitative estimate of drug-likeness (QED) is 0.808. The molecule has 2 fully saturated rings. The SMILES string of the molecule is Cn1cc(C#N)c(C2CC3CC(O)CC3C2)c1C(=O)Nc1ccc(F)c(Cl)c1. The van der Waals surface area contributed by atoms with Gasteiger partial charge in [0, 0.05) is 24.5 Å². The number of hydrogen-bond donors (Lipinski definition) is 2. The molecule has 2 atom stereocenters. The Labute approximate surface area is 167 Å². The van der Waals surface area contributed by atoms with Gasteiger partial charge in [-0.25, -0.2) is 4.39 Å². The molecule has 1 aromatic heterocycles. The molecule has 0 bridgehead atoms. The Hall–Kier alpha value is -2.36. The summed E-state index contributed by atoms with van der Waals surface area (Å²) in [5.74, 6) is 0.109. The predicted molar refractivity (Wildman–Crippen MR) is 104 cm³/mol. The zero-order valence-electron chi connectivity index (χ0n) is 15.5. The van der Waals surface area contributed by atoms with Crippen molar-refractivity contribution >= 4 is 23.2 Å². The molecule has 1 amide bonds. The van der Waals surface area contributed by atoms with Gasteiger partial charge in [0.15, 0.2) is 0 Å². The van der Waals surface area contributed by atoms with Crippen LogP contribution in [-0.4, -0.2) is 21.7 Å². The van der Waals surface area contributed by atoms with E-state index >= 15 is 0 Å². The molecule has 2 aliphatic rings. The average Bonchev–Trinajstić information content (AvgIpc) is 3.27. The minimum atomic E-state index is -0.550. The first-order valence-corrected chi connectivity index (χ1v) is 9.79. The molecule has 2 saturated carbocycles. The number of fused-ring (bicyclic) bond motifs is 1. The standard InChI is InChI=1S/C21H21ClFN3O2/c1-26-10-14(9-24)19(13-4-11-6-16(27)7-12(11)5-13)20(26)21(28)25-15-2-3-18(23)17(22)8-15/h2-3,8,10-13,16,27H,4-7H2,1H3,(H,25,28). The Bertz CT molecular complexity index is 967. The first-order valence-electron chi connectivity index (χ1n) is 9.41. The topological polar surface area (TPSA) is 78.1 Å². The molecule has 2 N–H and O–H groups in total. The van der Waals surface area contributed by atoms with Gasteiger partial charge >= 0.3 is 0 Å². The van der Waals surface area contributed by atoms with Crippen molar-refractivity contribution in [1.29, 1.82) is 5.26 Å². The molecule has 5 nitrogen and oxygen atoms in total. The zero-order valence-corrected chi connectivity index (χ0v) is 16.2. The second-order valence-corrected chi connectivity index (χ2v) is 8.33. The summed E-state index contributed by atoms with van der Waals surface area (Å²) < 4.78 is 15.1. The van der Waals surface area contributed by atoms with Crippen LogP contribution in [0.3, 0.4) is 0 Å². The third kappa shape index (κ3) is 3.30. The number of carbonyl (C=O) groups excluding carboxylic acids is 1. The van der Waals surface area contributed by atoms with E-state index in [-0.39, 0.29) is 23.0 Å². The Morgan fingerprint density at radius 2 is 2.00 bits per heavy atom. The number of aliphatic hydroxyl groups excluding tert-OH is 1. The van der Waals surface area contributed by atoms with Crippen LogP contribution in [0.15, 0.2) is 24.4 Å². The van der Waals surface area contributed by atoms with Crippen LogP contribution >= 0.6 is 11.6 Å². The number of aliphatic hydroxyl groups is 1. The molecule has 1 heterocycles. The Morgan fingerprint density at radius 1 is 1.32 bits per heavy atom. The number of nitrogens with one attached hydrogen (secondary N) is 1. The van der Waals surface area contributed by atoms with Gasteiger partial charge in [-0.2, -0.15) is 5.26 Å². The van der Waals surface area contributed by atoms with Crippen molar-refractivity contribution in [2.45, 2.75) is 37.7 Å². The van der Waals surface area contributed by atoms with Crippen LogP contribution in [0.5, 0.6) is 0 Å². The van der Waals surface area contributed by atoms with Crippen LogP contribution < -0.4 is 5.32 Å². The molecule has 1 aromatic carbocycles. The second-order valence-electron chi connectivity index (χ2n) is 7.92. The van der Waals surface area contributed by atoms with Crippen molar-refractivity contribution in [3.8, 4) is 6.07 Å². The second kappa shape index (κ2) is 7.23. The van der Waals surface area contributed by atoms with E-state index in [0.717, 1.165) is 31.2 Å². The van der Waals surface area contributed by atoms with Crippen molar-refractivity contribution in [2.75, 3.05) is 5.32 Å². The van der Waals surface area contributed by atoms with Crippen molar-refractivity contribution in [3.63, 3.8) is 0 Å². The summed E-state index contributed by atoms with van der Waals surface area (Å²) in [7, 11) is 1.75. The molecule has 0 radical (unpaired) electrons. The number of nitrogens with zero attached hydrogens (tertiary/aromatic N) is 2. The number of hydrogen-bond acceptors (Lipinski definition) is 3. The Balaban J connectivity index is 1.64. The molecule has 0 spiro atoms. The monoisotopic (exact) mass is 401 g/mol. The molecular weight excluding hydrogens is 381 g/mol. The summed E-state index contributed by atoms with van der Waals surface area (Å²) in [6.45, 7) is 0. The van der Waals surface area contributed by atoms with E-state index in [1.165, 1.54) is 18.2 Å². The molecule has 2 aliphatic carbocycles. The normalized spacial score (nSPS) is 26.1. The maximum Gasteiger partial charge on any atom is 0.272 e. The van der Waals surface area contributed by atoms with E-state index in [1.54, 1.807) is 17.8 Å². The Kier molecular flexibility index (Phi) is 4.90. The summed E-state index contributed by atoms with van der Waals surface area (Å²) in [6.07, 6.45) is 4.81. The number of benzene rings is 1. The van der Waals surface area contributed by atoms with Crippen LogP contribution in [0.2, 0.25) is 5.02 Å². The molecule has 2 aromatic rings. The number of aromatic nitrogens is 1. The number of halogens is 2. The van der Waals surface area contributed by atoms with E-state index in [2.05, 4.69) is 11.4 Å². The summed E-state index contributed by atoms with van der Waals surface area (Å²) in [4.78, 5) is 13.0. The molecule has 146 valence electrons. The van der Waals surface area contributed by atoms with Crippen molar-refractivity contribution in [2.24, 2.45) is 18.9 Å². The minimum absolute atomic E-state index is 0.0650. The van der Waals surface area contributed by atoms with E-state index in [0.29, 0.717) is 28.8 Å². The van der Waals surface area contributed by atoms with Gasteiger partial charge in [0.2, 0.25) is 0 Å². The number of aryl methyl sites for hydroxylation is 1. The van der Waals surface area contributed by atoms with Crippen molar-refractivity contribution in [1.82, 2.24) is 4.57 Å². The smallest absolute Gasteiger partial charge is 0.272 e. The van der Waals surface area contributed by atoms with Crippen LogP contribution in [0.4, 0.5) is 10.1 Å². The lowest BCUT2D eigenvalue weighted by Crippen LogP contribution is -2.18. The third-order valence-corrected chi connectivity index (χ3v) is 6.42. The lowest BCUT2D eigenvalue weighted by Gasteiger charge is -2.16. The van der Waals surface area contributed by atoms with E-state index in [1.807, 2.05) is 0 Å². The predicted octanol–water partition coefficient (Wildman–Crippen LogP) is 4.21. The lowest BCUT2D eigenvalue weighted by atomic mass is 9.91. The first-order chi connectivity index (χ1) is 13.4. The van der Waals surface area contributed by atoms with Gasteiger partial charge in [0.1, 0.15) is 17.6 Å². The lowest BCUT2D eigenvalue weighted by molar-refractivity contribution is 0.101. The average molecular weight is 402 g/mol. The van der Waals surface area contributed by atoms with Crippen LogP contribution in [0.25, 0.3) is 0 Å². The summed E-state index contributed by atoms with van der Waals surface area (Å²) in [6, 6.07) is 6.24. The van der Waals surface area contributed by atoms with Crippen molar-refractivity contribution in [3.05, 3.63) is 52.1 Å². The summed E-state index contributed by atoms with van der Waals surface area (Å²) >= 11 is 5.81. The third-order valence-electron chi connectivity index (χ3n) is 6.13. The highest BCUT2D eigenvalue weighted by molar-refractivity contribution is 6.31. The highest BCUT2D eigenvalue weighted by Crippen LogP contribution is 2.51. The van der Waals surface area contributed by atoms with E-state index in [9.17, 15) is 19.6 Å². The number of carbonyl (C=O) groups is 1. The minimum Gasteiger partial charge on any atom is -0.393 e. The molecule has 7 heteroatoms. The molecule has 0 aliphatic heterocycles. The van der Waals surface area contributed by atoms with Gasteiger partial charge in [0.05, 0.1) is 16.7 Å². The largest absolute Gasteiger partial charge is 0.393 e. The molecular formula is C21H21ClFN3O2. The molecule has 0 saturated heterocycles. The van der Waals surface area contributed by atoms with Crippen molar-refractivity contribution < 1.29 is 14.3 Å². The maximum absolute atomic E-state index is 13.4. The zero-order chi connectivity index (χ0) is 20.0. The number of nitriles is 1. The van der Waals surface area contributed by atoms with Crippen LogP contribution in [0.1, 0.15) is 53.2 Å². The number of amides is 1. The van der Waals surface area contributed by atoms with Gasteiger partial charge in [0.25, 0.3) is 5.91 Å². The van der Waals surface area contributed by atoms with Crippen LogP contribution in [0, 0.1) is 29.0 Å². The van der Waals surface area contributed by atoms with Gasteiger partial charge in [-0.15, -0.1) is 0 Å². The van der Waals surface area contributed by atoms with Gasteiger partial charge in [-0.1, -0.05) is 11.6 Å². The van der Waals surface area contributed by atoms with E-state index < -0.39 is 5.82 Å². The summed E-state index contributed by atoms with van der Waals surface area (Å²) in [5.41, 5.74) is 2.13. The number of anilines is 1. The Morgan fingerprint density at radius 3 is 2.61 bits per heavy atom. The van der Waals surface area contributed by atoms with Crippen LogP contribution in [-0.2, 0) is 7.05 Å². The maximum atomic E-state index is 13.4. The van der Waals surface area contributed by atoms with Gasteiger partial charge in [-0.3, -0.25) is 4.79 Å². The van der Waals surface area contributed by atoms with Gasteiger partial charge < -0.3 is 15.0 Å². The fourth-order valence-electron chi connectivity index (χ4n) is 5.01. The van der Waals surface area contributed by atoms with E-state index in [4.69, 9.17) is 11.6 Å². The van der Waals surface area contributed by atoms with Gasteiger partial charge in [-0.05, 0) is 61.6 Å². The number of rotatable bonds is 3. The molecule has 4 rings (SSSR count). The fraction of sp³-hybridized carbons (Fsp3) is 0.429.